The molecule has 21 heavy (non-hydrogen) atoms. The smallest absolute Gasteiger partial charge is 0.154 e. The SMILES string of the molecule is CCS(=O)(=O)[C@@H]1[C@@H](c2ccc(F)cc2)[C@@]1(COC)C(N)=S. The van der Waals surface area contributed by atoms with Crippen LogP contribution >= 0.6 is 12.2 Å². The van der Waals surface area contributed by atoms with Crippen LogP contribution in [0.1, 0.15) is 18.4 Å². The van der Waals surface area contributed by atoms with Crippen LogP contribution in [0.4, 0.5) is 4.39 Å². The monoisotopic (exact) mass is 331 g/mol. The highest BCUT2D eigenvalue weighted by Gasteiger charge is 2.72. The molecule has 0 saturated heterocycles. The summed E-state index contributed by atoms with van der Waals surface area (Å²) in [5.74, 6) is -0.758. The molecule has 0 radical (unpaired) electrons. The second-order valence-electron chi connectivity index (χ2n) is 5.24. The molecule has 116 valence electrons. The van der Waals surface area contributed by atoms with Gasteiger partial charge in [0.1, 0.15) is 5.82 Å². The number of hydrogen-bond acceptors (Lipinski definition) is 4. The maximum Gasteiger partial charge on any atom is 0.154 e. The first-order valence-electron chi connectivity index (χ1n) is 6.57. The Morgan fingerprint density at radius 2 is 2.00 bits per heavy atom. The molecular formula is C14H18FNO3S2. The molecule has 0 unspecified atom stereocenters. The predicted octanol–water partition coefficient (Wildman–Crippen LogP) is 1.65. The van der Waals surface area contributed by atoms with Crippen molar-refractivity contribution in [1.29, 1.82) is 0 Å². The third-order valence-corrected chi connectivity index (χ3v) is 6.77. The van der Waals surface area contributed by atoms with Gasteiger partial charge < -0.3 is 10.5 Å². The highest BCUT2D eigenvalue weighted by molar-refractivity contribution is 7.92. The number of thiocarbonyl (C=S) groups is 1. The number of ether oxygens (including phenoxy) is 1. The molecule has 2 N–H and O–H groups in total. The van der Waals surface area contributed by atoms with Gasteiger partial charge in [0.2, 0.25) is 0 Å². The Labute approximate surface area is 129 Å². The van der Waals surface area contributed by atoms with E-state index in [1.807, 2.05) is 0 Å². The fraction of sp³-hybridized carbons (Fsp3) is 0.500. The molecular weight excluding hydrogens is 313 g/mol. The van der Waals surface area contributed by atoms with Gasteiger partial charge >= 0.3 is 0 Å². The lowest BCUT2D eigenvalue weighted by molar-refractivity contribution is 0.166. The Bertz CT molecular complexity index is 645. The van der Waals surface area contributed by atoms with Crippen molar-refractivity contribution in [3.05, 3.63) is 35.6 Å². The normalized spacial score (nSPS) is 28.3. The first-order chi connectivity index (χ1) is 9.81. The van der Waals surface area contributed by atoms with Crippen LogP contribution in [0.3, 0.4) is 0 Å². The van der Waals surface area contributed by atoms with Crippen molar-refractivity contribution in [2.75, 3.05) is 19.5 Å². The Kier molecular flexibility index (Phi) is 4.37. The number of benzene rings is 1. The van der Waals surface area contributed by atoms with Gasteiger partial charge in [0.05, 0.1) is 22.3 Å². The van der Waals surface area contributed by atoms with Gasteiger partial charge in [-0.15, -0.1) is 0 Å². The van der Waals surface area contributed by atoms with Gasteiger partial charge in [-0.25, -0.2) is 12.8 Å². The predicted molar refractivity (Wildman–Crippen MR) is 83.5 cm³/mol. The molecule has 2 rings (SSSR count). The molecule has 1 aromatic rings. The summed E-state index contributed by atoms with van der Waals surface area (Å²) < 4.78 is 43.0. The largest absolute Gasteiger partial charge is 0.393 e. The van der Waals surface area contributed by atoms with Gasteiger partial charge in [0.15, 0.2) is 9.84 Å². The van der Waals surface area contributed by atoms with Crippen LogP contribution < -0.4 is 5.73 Å². The summed E-state index contributed by atoms with van der Waals surface area (Å²) in [5, 5.41) is -0.710. The Balaban J connectivity index is 2.51. The maximum atomic E-state index is 13.1. The quantitative estimate of drug-likeness (QED) is 0.803. The number of sulfone groups is 1. The van der Waals surface area contributed by atoms with E-state index in [1.54, 1.807) is 19.1 Å². The van der Waals surface area contributed by atoms with E-state index in [9.17, 15) is 12.8 Å². The summed E-state index contributed by atoms with van der Waals surface area (Å²) in [6, 6.07) is 5.77. The van der Waals surface area contributed by atoms with Crippen molar-refractivity contribution in [2.45, 2.75) is 18.1 Å². The van der Waals surface area contributed by atoms with Crippen molar-refractivity contribution in [3.8, 4) is 0 Å². The van der Waals surface area contributed by atoms with Crippen LogP contribution in [0.25, 0.3) is 0 Å². The highest BCUT2D eigenvalue weighted by Crippen LogP contribution is 2.63. The first kappa shape index (κ1) is 16.3. The summed E-state index contributed by atoms with van der Waals surface area (Å²) in [5.41, 5.74) is 5.64. The summed E-state index contributed by atoms with van der Waals surface area (Å²) in [4.78, 5) is 0.126. The zero-order chi connectivity index (χ0) is 15.8. The van der Waals surface area contributed by atoms with E-state index in [2.05, 4.69) is 0 Å². The van der Waals surface area contributed by atoms with E-state index in [0.717, 1.165) is 0 Å². The van der Waals surface area contributed by atoms with E-state index < -0.39 is 20.5 Å². The van der Waals surface area contributed by atoms with Crippen LogP contribution in [0, 0.1) is 11.2 Å². The summed E-state index contributed by atoms with van der Waals surface area (Å²) >= 11 is 5.12. The average molecular weight is 331 g/mol. The minimum absolute atomic E-state index is 0.00341. The van der Waals surface area contributed by atoms with Crippen LogP contribution in [-0.4, -0.2) is 38.1 Å². The highest BCUT2D eigenvalue weighted by atomic mass is 32.2. The van der Waals surface area contributed by atoms with Gasteiger partial charge in [-0.3, -0.25) is 0 Å². The van der Waals surface area contributed by atoms with Crippen LogP contribution in [0.5, 0.6) is 0 Å². The molecule has 0 aliphatic heterocycles. The molecule has 0 bridgehead atoms. The lowest BCUT2D eigenvalue weighted by Gasteiger charge is -2.15. The molecule has 0 spiro atoms. The molecule has 0 amide bonds. The Morgan fingerprint density at radius 1 is 1.43 bits per heavy atom. The molecule has 1 fully saturated rings. The molecule has 0 aromatic heterocycles. The van der Waals surface area contributed by atoms with Gasteiger partial charge in [0.25, 0.3) is 0 Å². The standard InChI is InChI=1S/C14H18FNO3S2/c1-3-21(17,18)12-11(9-4-6-10(15)7-5-9)14(12,8-19-2)13(16)20/h4-7,11-12H,3,8H2,1-2H3,(H2,16,20)/t11-,12-,14-/m1/s1. The molecule has 0 heterocycles. The molecule has 1 saturated carbocycles. The second kappa shape index (κ2) is 5.62. The van der Waals surface area contributed by atoms with Gasteiger partial charge in [-0.05, 0) is 17.7 Å². The third-order valence-electron chi connectivity index (χ3n) is 4.12. The molecule has 3 atom stereocenters. The van der Waals surface area contributed by atoms with Crippen LogP contribution in [-0.2, 0) is 14.6 Å². The summed E-state index contributed by atoms with van der Waals surface area (Å²) in [7, 11) is -1.87. The summed E-state index contributed by atoms with van der Waals surface area (Å²) in [6.45, 7) is 1.72. The number of halogens is 1. The number of rotatable bonds is 6. The third kappa shape index (κ3) is 2.58. The lowest BCUT2D eigenvalue weighted by Crippen LogP contribution is -2.33. The second-order valence-corrected chi connectivity index (χ2v) is 8.09. The van der Waals surface area contributed by atoms with Crippen molar-refractivity contribution in [1.82, 2.24) is 0 Å². The van der Waals surface area contributed by atoms with E-state index in [0.29, 0.717) is 5.56 Å². The molecule has 4 nitrogen and oxygen atoms in total. The molecule has 1 aromatic carbocycles. The van der Waals surface area contributed by atoms with E-state index in [-0.39, 0.29) is 29.1 Å². The van der Waals surface area contributed by atoms with Gasteiger partial charge in [0, 0.05) is 18.8 Å². The number of nitrogens with two attached hydrogens (primary N) is 1. The maximum absolute atomic E-state index is 13.1. The van der Waals surface area contributed by atoms with Gasteiger partial charge in [-0.1, -0.05) is 31.3 Å². The van der Waals surface area contributed by atoms with Crippen molar-refractivity contribution >= 4 is 27.0 Å². The van der Waals surface area contributed by atoms with Gasteiger partial charge in [-0.2, -0.15) is 0 Å². The fourth-order valence-electron chi connectivity index (χ4n) is 3.03. The Hall–Kier alpha value is -1.05. The summed E-state index contributed by atoms with van der Waals surface area (Å²) in [6.07, 6.45) is 0. The van der Waals surface area contributed by atoms with Crippen LogP contribution in [0.15, 0.2) is 24.3 Å². The fourth-order valence-corrected chi connectivity index (χ4v) is 5.49. The average Bonchev–Trinajstić information content (AvgIpc) is 3.11. The number of hydrogen-bond donors (Lipinski definition) is 1. The molecule has 1 aliphatic carbocycles. The molecule has 7 heteroatoms. The Morgan fingerprint density at radius 3 is 2.43 bits per heavy atom. The van der Waals surface area contributed by atoms with E-state index in [1.165, 1.54) is 19.2 Å². The van der Waals surface area contributed by atoms with E-state index >= 15 is 0 Å². The zero-order valence-corrected chi connectivity index (χ0v) is 13.5. The van der Waals surface area contributed by atoms with E-state index in [4.69, 9.17) is 22.7 Å². The van der Waals surface area contributed by atoms with Crippen molar-refractivity contribution in [3.63, 3.8) is 0 Å². The van der Waals surface area contributed by atoms with Crippen molar-refractivity contribution < 1.29 is 17.5 Å². The first-order valence-corrected chi connectivity index (χ1v) is 8.69. The lowest BCUT2D eigenvalue weighted by atomic mass is 10.00. The minimum atomic E-state index is -3.35. The van der Waals surface area contributed by atoms with Crippen LogP contribution in [0.2, 0.25) is 0 Å². The number of methoxy groups -OCH3 is 1. The molecule has 1 aliphatic rings. The zero-order valence-electron chi connectivity index (χ0n) is 11.9. The minimum Gasteiger partial charge on any atom is -0.393 e. The topological polar surface area (TPSA) is 69.4 Å². The van der Waals surface area contributed by atoms with Crippen molar-refractivity contribution in [2.24, 2.45) is 11.1 Å².